The molecule has 2 aromatic rings. The summed E-state index contributed by atoms with van der Waals surface area (Å²) >= 11 is 11.0. The average Bonchev–Trinajstić information content (AvgIpc) is 2.45. The van der Waals surface area contributed by atoms with Gasteiger partial charge in [0, 0.05) is 12.6 Å². The molecule has 0 atom stereocenters. The summed E-state index contributed by atoms with van der Waals surface area (Å²) in [4.78, 5) is 0. The number of halogens is 2. The molecule has 4 nitrogen and oxygen atoms in total. The summed E-state index contributed by atoms with van der Waals surface area (Å²) in [6, 6.07) is 9.76. The molecule has 0 spiro atoms. The van der Waals surface area contributed by atoms with Crippen molar-refractivity contribution in [1.29, 1.82) is 0 Å². The molecule has 0 fully saturated rings. The van der Waals surface area contributed by atoms with Crippen molar-refractivity contribution in [3.63, 3.8) is 0 Å². The number of aromatic hydroxyl groups is 2. The first-order valence-electron chi connectivity index (χ1n) is 5.90. The van der Waals surface area contributed by atoms with Gasteiger partial charge in [-0.1, -0.05) is 29.3 Å². The highest BCUT2D eigenvalue weighted by atomic mass is 35.5. The van der Waals surface area contributed by atoms with Gasteiger partial charge in [0.05, 0.1) is 10.7 Å². The first kappa shape index (κ1) is 14.6. The molecule has 3 N–H and O–H groups in total. The van der Waals surface area contributed by atoms with Crippen LogP contribution in [-0.4, -0.2) is 23.4 Å². The van der Waals surface area contributed by atoms with Crippen LogP contribution in [0.4, 0.5) is 5.69 Å². The third-order valence-corrected chi connectivity index (χ3v) is 3.38. The zero-order valence-electron chi connectivity index (χ0n) is 10.4. The maximum atomic E-state index is 9.09. The van der Waals surface area contributed by atoms with Gasteiger partial charge in [0.15, 0.2) is 0 Å². The van der Waals surface area contributed by atoms with Crippen molar-refractivity contribution >= 4 is 28.9 Å². The molecule has 1 aliphatic rings. The van der Waals surface area contributed by atoms with Gasteiger partial charge < -0.3 is 20.3 Å². The van der Waals surface area contributed by atoms with Crippen molar-refractivity contribution in [2.45, 2.75) is 0 Å². The maximum absolute atomic E-state index is 9.09. The van der Waals surface area contributed by atoms with Gasteiger partial charge in [-0.3, -0.25) is 0 Å². The van der Waals surface area contributed by atoms with Crippen molar-refractivity contribution < 1.29 is 14.9 Å². The van der Waals surface area contributed by atoms with Crippen LogP contribution in [0.2, 0.25) is 10.0 Å². The fourth-order valence-electron chi connectivity index (χ4n) is 1.62. The Morgan fingerprint density at radius 1 is 1.10 bits per heavy atom. The smallest absolute Gasteiger partial charge is 0.142 e. The van der Waals surface area contributed by atoms with E-state index in [2.05, 4.69) is 5.32 Å². The first-order chi connectivity index (χ1) is 9.58. The second-order valence-electron chi connectivity index (χ2n) is 4.03. The van der Waals surface area contributed by atoms with Gasteiger partial charge in [0.2, 0.25) is 0 Å². The summed E-state index contributed by atoms with van der Waals surface area (Å²) in [5.41, 5.74) is 0.872. The second kappa shape index (κ2) is 6.59. The van der Waals surface area contributed by atoms with E-state index in [0.717, 1.165) is 18.0 Å². The number of phenolic OH excluding ortho intramolecular Hbond substituents is 2. The van der Waals surface area contributed by atoms with Crippen LogP contribution in [-0.2, 0) is 0 Å². The Kier molecular flexibility index (Phi) is 4.82. The highest BCUT2D eigenvalue weighted by Crippen LogP contribution is 2.30. The number of phenols is 2. The predicted octanol–water partition coefficient (Wildman–Crippen LogP) is 3.90. The lowest BCUT2D eigenvalue weighted by Gasteiger charge is -2.18. The molecular formula is C14H13Cl2NO3. The largest absolute Gasteiger partial charge is 0.508 e. The SMILES string of the molecule is Oc1ccc2c(c1)NCCO2.Oc1cccc(Cl)c1Cl. The third-order valence-electron chi connectivity index (χ3n) is 2.57. The van der Waals surface area contributed by atoms with E-state index in [0.29, 0.717) is 11.6 Å². The van der Waals surface area contributed by atoms with E-state index >= 15 is 0 Å². The molecule has 0 aromatic heterocycles. The van der Waals surface area contributed by atoms with Crippen LogP contribution < -0.4 is 10.1 Å². The van der Waals surface area contributed by atoms with Crippen molar-refractivity contribution in [3.05, 3.63) is 46.4 Å². The average molecular weight is 314 g/mol. The molecule has 0 bridgehead atoms. The first-order valence-corrected chi connectivity index (χ1v) is 6.66. The van der Waals surface area contributed by atoms with Gasteiger partial charge in [-0.05, 0) is 24.3 Å². The molecule has 106 valence electrons. The van der Waals surface area contributed by atoms with Gasteiger partial charge in [-0.15, -0.1) is 0 Å². The summed E-state index contributed by atoms with van der Waals surface area (Å²) in [6.07, 6.45) is 0. The standard InChI is InChI=1S/C8H9NO2.C6H4Cl2O/c10-6-1-2-8-7(5-6)9-3-4-11-8;7-4-2-1-3-5(9)6(4)8/h1-2,5,9-10H,3-4H2;1-3,9H. The maximum Gasteiger partial charge on any atom is 0.142 e. The van der Waals surface area contributed by atoms with Crippen LogP contribution in [0.5, 0.6) is 17.2 Å². The second-order valence-corrected chi connectivity index (χ2v) is 4.81. The van der Waals surface area contributed by atoms with Gasteiger partial charge in [-0.2, -0.15) is 0 Å². The summed E-state index contributed by atoms with van der Waals surface area (Å²) in [5.74, 6) is 1.10. The molecule has 0 radical (unpaired) electrons. The van der Waals surface area contributed by atoms with Crippen molar-refractivity contribution in [3.8, 4) is 17.2 Å². The van der Waals surface area contributed by atoms with Gasteiger partial charge in [0.1, 0.15) is 28.9 Å². The highest BCUT2D eigenvalue weighted by molar-refractivity contribution is 6.42. The summed E-state index contributed by atoms with van der Waals surface area (Å²) in [7, 11) is 0. The molecular weight excluding hydrogens is 301 g/mol. The topological polar surface area (TPSA) is 61.7 Å². The number of rotatable bonds is 0. The van der Waals surface area contributed by atoms with E-state index in [1.807, 2.05) is 0 Å². The molecule has 1 aliphatic heterocycles. The van der Waals surface area contributed by atoms with Crippen molar-refractivity contribution in [2.75, 3.05) is 18.5 Å². The van der Waals surface area contributed by atoms with E-state index in [1.54, 1.807) is 30.3 Å². The fraction of sp³-hybridized carbons (Fsp3) is 0.143. The molecule has 0 saturated carbocycles. The number of fused-ring (bicyclic) bond motifs is 1. The number of hydrogen-bond donors (Lipinski definition) is 3. The van der Waals surface area contributed by atoms with E-state index < -0.39 is 0 Å². The van der Waals surface area contributed by atoms with Crippen LogP contribution in [0.25, 0.3) is 0 Å². The Balaban J connectivity index is 0.000000151. The molecule has 0 amide bonds. The number of anilines is 1. The fourth-order valence-corrected chi connectivity index (χ4v) is 1.92. The Morgan fingerprint density at radius 3 is 2.60 bits per heavy atom. The Bertz CT molecular complexity index is 585. The molecule has 20 heavy (non-hydrogen) atoms. The van der Waals surface area contributed by atoms with E-state index in [4.69, 9.17) is 38.2 Å². The molecule has 2 aromatic carbocycles. The van der Waals surface area contributed by atoms with Crippen molar-refractivity contribution in [1.82, 2.24) is 0 Å². The minimum Gasteiger partial charge on any atom is -0.508 e. The molecule has 6 heteroatoms. The molecule has 1 heterocycles. The lowest BCUT2D eigenvalue weighted by atomic mass is 10.2. The number of benzene rings is 2. The van der Waals surface area contributed by atoms with Crippen LogP contribution >= 0.6 is 23.2 Å². The quantitative estimate of drug-likeness (QED) is 0.690. The van der Waals surface area contributed by atoms with Crippen LogP contribution in [0.15, 0.2) is 36.4 Å². The lowest BCUT2D eigenvalue weighted by molar-refractivity contribution is 0.322. The lowest BCUT2D eigenvalue weighted by Crippen LogP contribution is -2.17. The van der Waals surface area contributed by atoms with Crippen LogP contribution in [0.1, 0.15) is 0 Å². The monoisotopic (exact) mass is 313 g/mol. The molecule has 0 aliphatic carbocycles. The van der Waals surface area contributed by atoms with E-state index in [1.165, 1.54) is 6.07 Å². The summed E-state index contributed by atoms with van der Waals surface area (Å²) in [5, 5.41) is 21.7. The predicted molar refractivity (Wildman–Crippen MR) is 80.2 cm³/mol. The summed E-state index contributed by atoms with van der Waals surface area (Å²) in [6.45, 7) is 1.49. The van der Waals surface area contributed by atoms with Crippen molar-refractivity contribution in [2.24, 2.45) is 0 Å². The molecule has 0 unspecified atom stereocenters. The Hall–Kier alpha value is -1.78. The number of ether oxygens (including phenoxy) is 1. The van der Waals surface area contributed by atoms with E-state index in [9.17, 15) is 0 Å². The molecule has 3 rings (SSSR count). The zero-order chi connectivity index (χ0) is 14.5. The number of nitrogens with one attached hydrogen (secondary N) is 1. The normalized spacial score (nSPS) is 12.3. The van der Waals surface area contributed by atoms with Crippen LogP contribution in [0.3, 0.4) is 0 Å². The minimum atomic E-state index is 0.0177. The highest BCUT2D eigenvalue weighted by Gasteiger charge is 2.08. The molecule has 0 saturated heterocycles. The van der Waals surface area contributed by atoms with E-state index in [-0.39, 0.29) is 16.5 Å². The van der Waals surface area contributed by atoms with Gasteiger partial charge >= 0.3 is 0 Å². The summed E-state index contributed by atoms with van der Waals surface area (Å²) < 4.78 is 5.30. The minimum absolute atomic E-state index is 0.0177. The van der Waals surface area contributed by atoms with Crippen LogP contribution in [0, 0.1) is 0 Å². The Morgan fingerprint density at radius 2 is 1.90 bits per heavy atom. The number of hydrogen-bond acceptors (Lipinski definition) is 4. The third kappa shape index (κ3) is 3.62. The van der Waals surface area contributed by atoms with Gasteiger partial charge in [-0.25, -0.2) is 0 Å². The van der Waals surface area contributed by atoms with Gasteiger partial charge in [0.25, 0.3) is 0 Å². The zero-order valence-corrected chi connectivity index (χ0v) is 11.9. The Labute approximate surface area is 126 Å².